The van der Waals surface area contributed by atoms with E-state index in [2.05, 4.69) is 27.1 Å². The molecule has 0 saturated carbocycles. The second kappa shape index (κ2) is 7.17. The average molecular weight is 349 g/mol. The molecule has 2 heterocycles. The number of nitrogens with one attached hydrogen (secondary N) is 1. The fourth-order valence-corrected chi connectivity index (χ4v) is 3.18. The molecule has 3 aromatic rings. The van der Waals surface area contributed by atoms with Crippen LogP contribution in [0, 0.1) is 0 Å². The number of likely N-dealkylation sites (tertiary alicyclic amines) is 1. The summed E-state index contributed by atoms with van der Waals surface area (Å²) in [6.45, 7) is 2.18. The van der Waals surface area contributed by atoms with E-state index in [4.69, 9.17) is 10.5 Å². The minimum atomic E-state index is 0.303. The molecule has 0 unspecified atom stereocenters. The number of nitrogen functional groups attached to an aromatic ring is 1. The van der Waals surface area contributed by atoms with Gasteiger partial charge in [0.2, 0.25) is 0 Å². The molecule has 2 aromatic carbocycles. The number of nitrogens with two attached hydrogens (primary N) is 1. The standard InChI is InChI=1S/C20H23N5O/c1-25-11-9-18(10-12-25)26-17-7-5-14(6-8-17)19-22-20(24-23-19)15-3-2-4-16(21)13-15/h2-8,13,18H,9-12,21H2,1H3,(H,22,23,24). The third-order valence-corrected chi connectivity index (χ3v) is 4.73. The van der Waals surface area contributed by atoms with Gasteiger partial charge in [0.05, 0.1) is 0 Å². The van der Waals surface area contributed by atoms with Crippen molar-refractivity contribution in [3.8, 4) is 28.5 Å². The number of ether oxygens (including phenoxy) is 1. The van der Waals surface area contributed by atoms with Crippen LogP contribution in [-0.2, 0) is 0 Å². The van der Waals surface area contributed by atoms with Gasteiger partial charge in [0, 0.05) is 29.9 Å². The Hall–Kier alpha value is -2.86. The minimum absolute atomic E-state index is 0.303. The fourth-order valence-electron chi connectivity index (χ4n) is 3.18. The quantitative estimate of drug-likeness (QED) is 0.707. The van der Waals surface area contributed by atoms with E-state index in [1.165, 1.54) is 0 Å². The van der Waals surface area contributed by atoms with E-state index in [0.717, 1.165) is 48.6 Å². The average Bonchev–Trinajstić information content (AvgIpc) is 3.14. The highest BCUT2D eigenvalue weighted by molar-refractivity contribution is 5.64. The normalized spacial score (nSPS) is 15.9. The van der Waals surface area contributed by atoms with E-state index >= 15 is 0 Å². The monoisotopic (exact) mass is 349 g/mol. The van der Waals surface area contributed by atoms with Crippen LogP contribution >= 0.6 is 0 Å². The van der Waals surface area contributed by atoms with Crippen LogP contribution in [0.15, 0.2) is 48.5 Å². The van der Waals surface area contributed by atoms with Gasteiger partial charge in [0.15, 0.2) is 11.6 Å². The first-order valence-corrected chi connectivity index (χ1v) is 8.91. The smallest absolute Gasteiger partial charge is 0.181 e. The van der Waals surface area contributed by atoms with E-state index in [1.807, 2.05) is 48.5 Å². The topological polar surface area (TPSA) is 80.1 Å². The van der Waals surface area contributed by atoms with E-state index in [9.17, 15) is 0 Å². The molecule has 1 saturated heterocycles. The number of nitrogens with zero attached hydrogens (tertiary/aromatic N) is 3. The first-order valence-electron chi connectivity index (χ1n) is 8.91. The summed E-state index contributed by atoms with van der Waals surface area (Å²) in [5.41, 5.74) is 8.40. The Balaban J connectivity index is 1.45. The summed E-state index contributed by atoms with van der Waals surface area (Å²) in [6.07, 6.45) is 2.45. The van der Waals surface area contributed by atoms with Gasteiger partial charge in [-0.15, -0.1) is 0 Å². The zero-order valence-corrected chi connectivity index (χ0v) is 14.9. The van der Waals surface area contributed by atoms with Crippen molar-refractivity contribution in [2.45, 2.75) is 18.9 Å². The first-order chi connectivity index (χ1) is 12.7. The van der Waals surface area contributed by atoms with Crippen molar-refractivity contribution in [1.29, 1.82) is 0 Å². The maximum Gasteiger partial charge on any atom is 0.181 e. The first kappa shape index (κ1) is 16.6. The Morgan fingerprint density at radius 1 is 1.08 bits per heavy atom. The van der Waals surface area contributed by atoms with Gasteiger partial charge in [-0.3, -0.25) is 5.10 Å². The molecule has 1 fully saturated rings. The van der Waals surface area contributed by atoms with Crippen molar-refractivity contribution >= 4 is 5.69 Å². The van der Waals surface area contributed by atoms with E-state index < -0.39 is 0 Å². The summed E-state index contributed by atoms with van der Waals surface area (Å²) in [7, 11) is 2.15. The second-order valence-electron chi connectivity index (χ2n) is 6.78. The number of aromatic nitrogens is 3. The molecular formula is C20H23N5O. The highest BCUT2D eigenvalue weighted by atomic mass is 16.5. The molecule has 6 heteroatoms. The van der Waals surface area contributed by atoms with E-state index in [-0.39, 0.29) is 0 Å². The Morgan fingerprint density at radius 2 is 1.85 bits per heavy atom. The molecule has 3 N–H and O–H groups in total. The summed E-state index contributed by atoms with van der Waals surface area (Å²) < 4.78 is 6.10. The molecule has 6 nitrogen and oxygen atoms in total. The largest absolute Gasteiger partial charge is 0.490 e. The molecule has 0 spiro atoms. The summed E-state index contributed by atoms with van der Waals surface area (Å²) >= 11 is 0. The van der Waals surface area contributed by atoms with Crippen LogP contribution in [0.1, 0.15) is 12.8 Å². The lowest BCUT2D eigenvalue weighted by atomic mass is 10.1. The summed E-state index contributed by atoms with van der Waals surface area (Å²) in [5.74, 6) is 2.27. The number of hydrogen-bond acceptors (Lipinski definition) is 5. The van der Waals surface area contributed by atoms with Gasteiger partial charge < -0.3 is 15.4 Å². The highest BCUT2D eigenvalue weighted by Crippen LogP contribution is 2.24. The van der Waals surface area contributed by atoms with Crippen LogP contribution in [0.2, 0.25) is 0 Å². The lowest BCUT2D eigenvalue weighted by molar-refractivity contribution is 0.114. The molecule has 1 aromatic heterocycles. The van der Waals surface area contributed by atoms with Crippen LogP contribution in [0.5, 0.6) is 5.75 Å². The molecule has 26 heavy (non-hydrogen) atoms. The van der Waals surface area contributed by atoms with Gasteiger partial charge in [-0.05, 0) is 56.3 Å². The lowest BCUT2D eigenvalue weighted by Gasteiger charge is -2.29. The van der Waals surface area contributed by atoms with Gasteiger partial charge in [-0.2, -0.15) is 5.10 Å². The molecule has 1 aliphatic heterocycles. The van der Waals surface area contributed by atoms with Gasteiger partial charge in [0.1, 0.15) is 11.9 Å². The summed E-state index contributed by atoms with van der Waals surface area (Å²) in [4.78, 5) is 6.92. The van der Waals surface area contributed by atoms with Crippen LogP contribution in [0.25, 0.3) is 22.8 Å². The third kappa shape index (κ3) is 3.70. The summed E-state index contributed by atoms with van der Waals surface area (Å²) in [5, 5.41) is 7.30. The van der Waals surface area contributed by atoms with Crippen LogP contribution in [0.3, 0.4) is 0 Å². The maximum absolute atomic E-state index is 6.10. The zero-order chi connectivity index (χ0) is 17.9. The molecule has 0 amide bonds. The number of aromatic amines is 1. The van der Waals surface area contributed by atoms with Gasteiger partial charge >= 0.3 is 0 Å². The Labute approximate surface area is 153 Å². The number of rotatable bonds is 4. The number of anilines is 1. The second-order valence-corrected chi connectivity index (χ2v) is 6.78. The molecular weight excluding hydrogens is 326 g/mol. The van der Waals surface area contributed by atoms with E-state index in [1.54, 1.807) is 0 Å². The van der Waals surface area contributed by atoms with Crippen LogP contribution in [-0.4, -0.2) is 46.3 Å². The van der Waals surface area contributed by atoms with Gasteiger partial charge in [-0.1, -0.05) is 12.1 Å². The zero-order valence-electron chi connectivity index (χ0n) is 14.9. The van der Waals surface area contributed by atoms with Crippen molar-refractivity contribution in [2.24, 2.45) is 0 Å². The predicted molar refractivity (Wildman–Crippen MR) is 103 cm³/mol. The SMILES string of the molecule is CN1CCC(Oc2ccc(-c3nc(-c4cccc(N)c4)n[nH]3)cc2)CC1. The fraction of sp³-hybridized carbons (Fsp3) is 0.300. The van der Waals surface area contributed by atoms with Crippen molar-refractivity contribution < 1.29 is 4.74 Å². The molecule has 0 atom stereocenters. The maximum atomic E-state index is 6.10. The molecule has 0 radical (unpaired) electrons. The van der Waals surface area contributed by atoms with Crippen molar-refractivity contribution in [3.05, 3.63) is 48.5 Å². The predicted octanol–water partition coefficient (Wildman–Crippen LogP) is 3.19. The van der Waals surface area contributed by atoms with Crippen molar-refractivity contribution in [1.82, 2.24) is 20.1 Å². The Kier molecular flexibility index (Phi) is 4.58. The van der Waals surface area contributed by atoms with Crippen molar-refractivity contribution in [2.75, 3.05) is 25.9 Å². The number of piperidine rings is 1. The molecule has 0 aliphatic carbocycles. The molecule has 0 bridgehead atoms. The minimum Gasteiger partial charge on any atom is -0.490 e. The number of benzene rings is 2. The van der Waals surface area contributed by atoms with Crippen LogP contribution < -0.4 is 10.5 Å². The van der Waals surface area contributed by atoms with Crippen molar-refractivity contribution in [3.63, 3.8) is 0 Å². The highest BCUT2D eigenvalue weighted by Gasteiger charge is 2.18. The molecule has 134 valence electrons. The Morgan fingerprint density at radius 3 is 2.58 bits per heavy atom. The van der Waals surface area contributed by atoms with Gasteiger partial charge in [-0.25, -0.2) is 4.98 Å². The lowest BCUT2D eigenvalue weighted by Crippen LogP contribution is -2.35. The number of H-pyrrole nitrogens is 1. The Bertz CT molecular complexity index is 866. The van der Waals surface area contributed by atoms with Gasteiger partial charge in [0.25, 0.3) is 0 Å². The van der Waals surface area contributed by atoms with Crippen LogP contribution in [0.4, 0.5) is 5.69 Å². The third-order valence-electron chi connectivity index (χ3n) is 4.73. The van der Waals surface area contributed by atoms with E-state index in [0.29, 0.717) is 17.6 Å². The molecule has 1 aliphatic rings. The number of hydrogen-bond donors (Lipinski definition) is 2. The molecule has 4 rings (SSSR count). The summed E-state index contributed by atoms with van der Waals surface area (Å²) in [6, 6.07) is 15.6.